The van der Waals surface area contributed by atoms with Crippen LogP contribution >= 0.6 is 0 Å². The molecule has 3 rings (SSSR count). The molecule has 2 aliphatic heterocycles. The molecule has 110 valence electrons. The molecule has 1 spiro atoms. The molecule has 1 unspecified atom stereocenters. The summed E-state index contributed by atoms with van der Waals surface area (Å²) >= 11 is 0. The zero-order chi connectivity index (χ0) is 14.0. The first-order chi connectivity index (χ1) is 9.74. The number of nitrogens with zero attached hydrogens (tertiary/aromatic N) is 1. The lowest BCUT2D eigenvalue weighted by Crippen LogP contribution is -2.42. The highest BCUT2D eigenvalue weighted by atomic mass is 16.5. The molecule has 3 heteroatoms. The van der Waals surface area contributed by atoms with E-state index in [9.17, 15) is 0 Å². The van der Waals surface area contributed by atoms with E-state index in [1.807, 2.05) is 0 Å². The third-order valence-electron chi connectivity index (χ3n) is 4.78. The van der Waals surface area contributed by atoms with Crippen molar-refractivity contribution >= 4 is 0 Å². The summed E-state index contributed by atoms with van der Waals surface area (Å²) in [6.07, 6.45) is 5.67. The van der Waals surface area contributed by atoms with E-state index < -0.39 is 0 Å². The van der Waals surface area contributed by atoms with E-state index >= 15 is 0 Å². The van der Waals surface area contributed by atoms with Gasteiger partial charge in [-0.3, -0.25) is 4.90 Å². The number of ether oxygens (including phenoxy) is 1. The summed E-state index contributed by atoms with van der Waals surface area (Å²) in [5.74, 6) is 1.12. The quantitative estimate of drug-likeness (QED) is 0.916. The Morgan fingerprint density at radius 3 is 3.05 bits per heavy atom. The average Bonchev–Trinajstić information content (AvgIpc) is 2.87. The van der Waals surface area contributed by atoms with Crippen LogP contribution < -0.4 is 10.5 Å². The summed E-state index contributed by atoms with van der Waals surface area (Å²) in [7, 11) is 0. The van der Waals surface area contributed by atoms with E-state index in [-0.39, 0.29) is 5.60 Å². The van der Waals surface area contributed by atoms with Crippen molar-refractivity contribution in [1.82, 2.24) is 4.90 Å². The molecule has 0 aliphatic carbocycles. The number of hydrogen-bond donors (Lipinski definition) is 1. The molecule has 0 aromatic heterocycles. The Morgan fingerprint density at radius 1 is 1.35 bits per heavy atom. The average molecular weight is 274 g/mol. The van der Waals surface area contributed by atoms with Gasteiger partial charge in [0.2, 0.25) is 0 Å². The summed E-state index contributed by atoms with van der Waals surface area (Å²) in [6, 6.07) is 6.71. The molecule has 1 atom stereocenters. The van der Waals surface area contributed by atoms with Crippen molar-refractivity contribution in [2.45, 2.75) is 44.6 Å². The summed E-state index contributed by atoms with van der Waals surface area (Å²) in [4.78, 5) is 2.51. The van der Waals surface area contributed by atoms with Crippen molar-refractivity contribution in [2.24, 2.45) is 5.73 Å². The first-order valence-corrected chi connectivity index (χ1v) is 7.98. The fourth-order valence-corrected chi connectivity index (χ4v) is 3.52. The standard InChI is InChI=1S/C17H26N2O/c1-2-14-4-5-16-15(12-14)6-7-17(20-16)8-11-19(13-17)10-3-9-18/h4-5,12H,2-3,6-11,13,18H2,1H3. The van der Waals surface area contributed by atoms with Gasteiger partial charge in [-0.1, -0.05) is 19.1 Å². The van der Waals surface area contributed by atoms with Gasteiger partial charge in [0.05, 0.1) is 0 Å². The van der Waals surface area contributed by atoms with Crippen molar-refractivity contribution in [1.29, 1.82) is 0 Å². The van der Waals surface area contributed by atoms with Crippen LogP contribution in [0.3, 0.4) is 0 Å². The zero-order valence-corrected chi connectivity index (χ0v) is 12.5. The minimum Gasteiger partial charge on any atom is -0.486 e. The van der Waals surface area contributed by atoms with Crippen molar-refractivity contribution in [3.63, 3.8) is 0 Å². The molecule has 1 aromatic carbocycles. The molecule has 0 amide bonds. The summed E-state index contributed by atoms with van der Waals surface area (Å²) in [5, 5.41) is 0. The molecule has 2 N–H and O–H groups in total. The molecular formula is C17H26N2O. The molecular weight excluding hydrogens is 248 g/mol. The monoisotopic (exact) mass is 274 g/mol. The predicted molar refractivity (Wildman–Crippen MR) is 82.2 cm³/mol. The van der Waals surface area contributed by atoms with Crippen LogP contribution in [-0.2, 0) is 12.8 Å². The Morgan fingerprint density at radius 2 is 2.25 bits per heavy atom. The van der Waals surface area contributed by atoms with Crippen molar-refractivity contribution in [2.75, 3.05) is 26.2 Å². The maximum absolute atomic E-state index is 6.42. The second-order valence-corrected chi connectivity index (χ2v) is 6.25. The molecule has 0 radical (unpaired) electrons. The molecule has 2 heterocycles. The van der Waals surface area contributed by atoms with Gasteiger partial charge in [0, 0.05) is 19.5 Å². The highest BCUT2D eigenvalue weighted by molar-refractivity contribution is 5.40. The van der Waals surface area contributed by atoms with Crippen molar-refractivity contribution < 1.29 is 4.74 Å². The molecule has 1 aromatic rings. The molecule has 1 saturated heterocycles. The summed E-state index contributed by atoms with van der Waals surface area (Å²) in [6.45, 7) is 6.33. The number of rotatable bonds is 4. The third-order valence-corrected chi connectivity index (χ3v) is 4.78. The van der Waals surface area contributed by atoms with Crippen LogP contribution in [0, 0.1) is 0 Å². The second-order valence-electron chi connectivity index (χ2n) is 6.25. The van der Waals surface area contributed by atoms with Gasteiger partial charge in [-0.2, -0.15) is 0 Å². The Kier molecular flexibility index (Phi) is 3.99. The van der Waals surface area contributed by atoms with Gasteiger partial charge in [-0.15, -0.1) is 0 Å². The summed E-state index contributed by atoms with van der Waals surface area (Å²) in [5.41, 5.74) is 8.49. The van der Waals surface area contributed by atoms with Crippen LogP contribution in [0.2, 0.25) is 0 Å². The Hall–Kier alpha value is -1.06. The first kappa shape index (κ1) is 13.9. The number of likely N-dealkylation sites (tertiary alicyclic amines) is 1. The highest BCUT2D eigenvalue weighted by Crippen LogP contribution is 2.39. The maximum Gasteiger partial charge on any atom is 0.123 e. The summed E-state index contributed by atoms with van der Waals surface area (Å²) < 4.78 is 6.42. The van der Waals surface area contributed by atoms with Crippen molar-refractivity contribution in [3.05, 3.63) is 29.3 Å². The number of benzene rings is 1. The molecule has 1 fully saturated rings. The molecule has 0 bridgehead atoms. The van der Waals surface area contributed by atoms with Crippen LogP contribution in [0.1, 0.15) is 37.3 Å². The normalized spacial score (nSPS) is 25.7. The topological polar surface area (TPSA) is 38.5 Å². The predicted octanol–water partition coefficient (Wildman–Crippen LogP) is 2.37. The van der Waals surface area contributed by atoms with Gasteiger partial charge in [0.1, 0.15) is 11.4 Å². The SMILES string of the molecule is CCc1ccc2c(c1)CCC1(CCN(CCCN)C1)O2. The van der Waals surface area contributed by atoms with E-state index in [0.717, 1.165) is 64.0 Å². The zero-order valence-electron chi connectivity index (χ0n) is 12.5. The van der Waals surface area contributed by atoms with E-state index in [1.54, 1.807) is 0 Å². The van der Waals surface area contributed by atoms with Gasteiger partial charge >= 0.3 is 0 Å². The van der Waals surface area contributed by atoms with Gasteiger partial charge in [0.25, 0.3) is 0 Å². The van der Waals surface area contributed by atoms with E-state index in [2.05, 4.69) is 30.0 Å². The van der Waals surface area contributed by atoms with E-state index in [0.29, 0.717) is 0 Å². The Bertz CT molecular complexity index is 474. The lowest BCUT2D eigenvalue weighted by Gasteiger charge is -2.36. The van der Waals surface area contributed by atoms with E-state index in [1.165, 1.54) is 11.1 Å². The number of nitrogens with two attached hydrogens (primary N) is 1. The molecule has 2 aliphatic rings. The first-order valence-electron chi connectivity index (χ1n) is 7.98. The van der Waals surface area contributed by atoms with Crippen LogP contribution in [0.4, 0.5) is 0 Å². The van der Waals surface area contributed by atoms with Crippen molar-refractivity contribution in [3.8, 4) is 5.75 Å². The number of aryl methyl sites for hydroxylation is 2. The Labute approximate surface area is 122 Å². The van der Waals surface area contributed by atoms with Gasteiger partial charge in [-0.25, -0.2) is 0 Å². The molecule has 20 heavy (non-hydrogen) atoms. The van der Waals surface area contributed by atoms with Gasteiger partial charge in [-0.05, 0) is 56.0 Å². The second kappa shape index (κ2) is 5.74. The van der Waals surface area contributed by atoms with Crippen LogP contribution in [0.5, 0.6) is 5.75 Å². The minimum absolute atomic E-state index is 0.0648. The van der Waals surface area contributed by atoms with Gasteiger partial charge in [0.15, 0.2) is 0 Å². The molecule has 3 nitrogen and oxygen atoms in total. The van der Waals surface area contributed by atoms with E-state index in [4.69, 9.17) is 10.5 Å². The van der Waals surface area contributed by atoms with Gasteiger partial charge < -0.3 is 10.5 Å². The van der Waals surface area contributed by atoms with Crippen LogP contribution in [0.25, 0.3) is 0 Å². The van der Waals surface area contributed by atoms with Crippen LogP contribution in [-0.4, -0.2) is 36.7 Å². The third kappa shape index (κ3) is 2.70. The lowest BCUT2D eigenvalue weighted by molar-refractivity contribution is 0.0544. The smallest absolute Gasteiger partial charge is 0.123 e. The fourth-order valence-electron chi connectivity index (χ4n) is 3.52. The number of fused-ring (bicyclic) bond motifs is 1. The fraction of sp³-hybridized carbons (Fsp3) is 0.647. The highest BCUT2D eigenvalue weighted by Gasteiger charge is 2.42. The number of hydrogen-bond acceptors (Lipinski definition) is 3. The largest absolute Gasteiger partial charge is 0.486 e. The van der Waals surface area contributed by atoms with Crippen LogP contribution in [0.15, 0.2) is 18.2 Å². The minimum atomic E-state index is 0.0648. The molecule has 0 saturated carbocycles. The Balaban J connectivity index is 1.69. The maximum atomic E-state index is 6.42. The lowest BCUT2D eigenvalue weighted by atomic mass is 9.89.